The van der Waals surface area contributed by atoms with Crippen LogP contribution in [-0.4, -0.2) is 26.2 Å². The van der Waals surface area contributed by atoms with E-state index < -0.39 is 0 Å². The molecule has 1 aliphatic heterocycles. The SMILES string of the molecule is COc1cccc(CN2CNC(=O)c3c(NCCc4ccccc4)cccc32)c1. The van der Waals surface area contributed by atoms with E-state index in [2.05, 4.69) is 33.7 Å². The van der Waals surface area contributed by atoms with Crippen molar-refractivity contribution in [3.63, 3.8) is 0 Å². The minimum absolute atomic E-state index is 0.0373. The number of ether oxygens (including phenoxy) is 1. The number of carbonyl (C=O) groups is 1. The van der Waals surface area contributed by atoms with Gasteiger partial charge in [0, 0.05) is 18.8 Å². The van der Waals surface area contributed by atoms with Crippen LogP contribution in [-0.2, 0) is 13.0 Å². The van der Waals surface area contributed by atoms with E-state index in [1.165, 1.54) is 5.56 Å². The lowest BCUT2D eigenvalue weighted by Gasteiger charge is -2.32. The van der Waals surface area contributed by atoms with E-state index in [-0.39, 0.29) is 5.91 Å². The minimum Gasteiger partial charge on any atom is -0.497 e. The Morgan fingerprint density at radius 1 is 1.00 bits per heavy atom. The van der Waals surface area contributed by atoms with Crippen LogP contribution >= 0.6 is 0 Å². The summed E-state index contributed by atoms with van der Waals surface area (Å²) in [6.07, 6.45) is 0.902. The quantitative estimate of drug-likeness (QED) is 0.642. The molecule has 0 saturated heterocycles. The molecular weight excluding hydrogens is 362 g/mol. The number of methoxy groups -OCH3 is 1. The molecule has 0 radical (unpaired) electrons. The molecule has 0 saturated carbocycles. The first kappa shape index (κ1) is 18.9. The highest BCUT2D eigenvalue weighted by atomic mass is 16.5. The molecule has 3 aromatic rings. The van der Waals surface area contributed by atoms with Crippen molar-refractivity contribution >= 4 is 17.3 Å². The molecule has 0 atom stereocenters. The zero-order chi connectivity index (χ0) is 20.1. The predicted molar refractivity (Wildman–Crippen MR) is 117 cm³/mol. The first-order valence-electron chi connectivity index (χ1n) is 9.81. The van der Waals surface area contributed by atoms with Crippen LogP contribution in [0.15, 0.2) is 72.8 Å². The number of rotatable bonds is 7. The monoisotopic (exact) mass is 387 g/mol. The summed E-state index contributed by atoms with van der Waals surface area (Å²) in [5, 5.41) is 6.45. The van der Waals surface area contributed by atoms with Gasteiger partial charge in [-0.15, -0.1) is 0 Å². The maximum Gasteiger partial charge on any atom is 0.256 e. The second-order valence-electron chi connectivity index (χ2n) is 7.08. The molecule has 148 valence electrons. The van der Waals surface area contributed by atoms with Crippen molar-refractivity contribution in [1.82, 2.24) is 5.32 Å². The van der Waals surface area contributed by atoms with Gasteiger partial charge in [-0.05, 0) is 41.8 Å². The van der Waals surface area contributed by atoms with Crippen molar-refractivity contribution in [2.75, 3.05) is 30.5 Å². The minimum atomic E-state index is -0.0373. The van der Waals surface area contributed by atoms with Gasteiger partial charge in [-0.3, -0.25) is 4.79 Å². The molecule has 0 aromatic heterocycles. The number of anilines is 2. The zero-order valence-corrected chi connectivity index (χ0v) is 16.5. The van der Waals surface area contributed by atoms with Crippen LogP contribution in [0.4, 0.5) is 11.4 Å². The molecule has 3 aromatic carbocycles. The van der Waals surface area contributed by atoms with Crippen LogP contribution in [0.2, 0.25) is 0 Å². The van der Waals surface area contributed by atoms with Gasteiger partial charge in [-0.2, -0.15) is 0 Å². The maximum absolute atomic E-state index is 12.6. The van der Waals surface area contributed by atoms with E-state index in [9.17, 15) is 4.79 Å². The number of nitrogens with one attached hydrogen (secondary N) is 2. The molecule has 29 heavy (non-hydrogen) atoms. The number of benzene rings is 3. The van der Waals surface area contributed by atoms with Gasteiger partial charge >= 0.3 is 0 Å². The lowest BCUT2D eigenvalue weighted by Crippen LogP contribution is -2.43. The molecule has 0 spiro atoms. The van der Waals surface area contributed by atoms with Gasteiger partial charge in [-0.1, -0.05) is 48.5 Å². The molecule has 0 aliphatic carbocycles. The molecule has 5 heteroatoms. The molecule has 5 nitrogen and oxygen atoms in total. The summed E-state index contributed by atoms with van der Waals surface area (Å²) < 4.78 is 5.33. The van der Waals surface area contributed by atoms with Crippen molar-refractivity contribution in [2.24, 2.45) is 0 Å². The average Bonchev–Trinajstić information content (AvgIpc) is 2.77. The summed E-state index contributed by atoms with van der Waals surface area (Å²) in [4.78, 5) is 14.8. The van der Waals surface area contributed by atoms with Crippen molar-refractivity contribution in [2.45, 2.75) is 13.0 Å². The Morgan fingerprint density at radius 2 is 1.79 bits per heavy atom. The summed E-state index contributed by atoms with van der Waals surface area (Å²) in [7, 11) is 1.67. The summed E-state index contributed by atoms with van der Waals surface area (Å²) in [6, 6.07) is 24.3. The molecule has 1 amide bonds. The van der Waals surface area contributed by atoms with Gasteiger partial charge in [0.15, 0.2) is 0 Å². The van der Waals surface area contributed by atoms with Crippen LogP contribution < -0.4 is 20.3 Å². The Kier molecular flexibility index (Phi) is 5.66. The molecule has 2 N–H and O–H groups in total. The number of hydrogen-bond donors (Lipinski definition) is 2. The van der Waals surface area contributed by atoms with Gasteiger partial charge in [0.1, 0.15) is 5.75 Å². The highest BCUT2D eigenvalue weighted by Crippen LogP contribution is 2.31. The molecule has 0 unspecified atom stereocenters. The third kappa shape index (κ3) is 4.35. The third-order valence-corrected chi connectivity index (χ3v) is 5.12. The highest BCUT2D eigenvalue weighted by Gasteiger charge is 2.25. The van der Waals surface area contributed by atoms with E-state index in [0.29, 0.717) is 18.8 Å². The second kappa shape index (κ2) is 8.69. The standard InChI is InChI=1S/C24H25N3O2/c1-29-20-10-5-9-19(15-20)16-27-17-26-24(28)23-21(11-6-12-22(23)27)25-14-13-18-7-3-2-4-8-18/h2-12,15,25H,13-14,16-17H2,1H3,(H,26,28). The van der Waals surface area contributed by atoms with Gasteiger partial charge in [0.05, 0.1) is 25.0 Å². The molecule has 4 rings (SSSR count). The second-order valence-corrected chi connectivity index (χ2v) is 7.08. The van der Waals surface area contributed by atoms with Crippen LogP contribution in [0.3, 0.4) is 0 Å². The van der Waals surface area contributed by atoms with Crippen molar-refractivity contribution in [1.29, 1.82) is 0 Å². The van der Waals surface area contributed by atoms with Crippen LogP contribution in [0.5, 0.6) is 5.75 Å². The summed E-state index contributed by atoms with van der Waals surface area (Å²) in [5.41, 5.74) is 4.92. The fourth-order valence-electron chi connectivity index (χ4n) is 3.65. The number of carbonyl (C=O) groups excluding carboxylic acids is 1. The average molecular weight is 387 g/mol. The van der Waals surface area contributed by atoms with Gasteiger partial charge < -0.3 is 20.3 Å². The number of hydrogen-bond acceptors (Lipinski definition) is 4. The van der Waals surface area contributed by atoms with E-state index in [1.54, 1.807) is 7.11 Å². The lowest BCUT2D eigenvalue weighted by molar-refractivity contribution is 0.0948. The third-order valence-electron chi connectivity index (χ3n) is 5.12. The van der Waals surface area contributed by atoms with Gasteiger partial charge in [0.2, 0.25) is 0 Å². The first-order valence-corrected chi connectivity index (χ1v) is 9.81. The van der Waals surface area contributed by atoms with Crippen LogP contribution in [0.25, 0.3) is 0 Å². The van der Waals surface area contributed by atoms with Gasteiger partial charge in [-0.25, -0.2) is 0 Å². The number of amides is 1. The van der Waals surface area contributed by atoms with Crippen molar-refractivity contribution < 1.29 is 9.53 Å². The fourth-order valence-corrected chi connectivity index (χ4v) is 3.65. The normalized spacial score (nSPS) is 12.9. The van der Waals surface area contributed by atoms with E-state index >= 15 is 0 Å². The van der Waals surface area contributed by atoms with Crippen molar-refractivity contribution in [3.8, 4) is 5.75 Å². The largest absolute Gasteiger partial charge is 0.497 e. The summed E-state index contributed by atoms with van der Waals surface area (Å²) in [5.74, 6) is 0.796. The zero-order valence-electron chi connectivity index (χ0n) is 16.5. The maximum atomic E-state index is 12.6. The van der Waals surface area contributed by atoms with Crippen LogP contribution in [0.1, 0.15) is 21.5 Å². The smallest absolute Gasteiger partial charge is 0.256 e. The van der Waals surface area contributed by atoms with E-state index in [4.69, 9.17) is 4.74 Å². The molecular formula is C24H25N3O2. The molecule has 0 fully saturated rings. The predicted octanol–water partition coefficient (Wildman–Crippen LogP) is 4.06. The first-order chi connectivity index (χ1) is 14.2. The Morgan fingerprint density at radius 3 is 2.62 bits per heavy atom. The Balaban J connectivity index is 1.52. The Hall–Kier alpha value is -3.47. The molecule has 1 aliphatic rings. The van der Waals surface area contributed by atoms with Crippen LogP contribution in [0, 0.1) is 0 Å². The fraction of sp³-hybridized carbons (Fsp3) is 0.208. The highest BCUT2D eigenvalue weighted by molar-refractivity contribution is 6.06. The summed E-state index contributed by atoms with van der Waals surface area (Å²) in [6.45, 7) is 1.94. The number of fused-ring (bicyclic) bond motifs is 1. The molecule has 0 bridgehead atoms. The van der Waals surface area contributed by atoms with E-state index in [0.717, 1.165) is 35.7 Å². The lowest BCUT2D eigenvalue weighted by atomic mass is 10.1. The van der Waals surface area contributed by atoms with Crippen molar-refractivity contribution in [3.05, 3.63) is 89.5 Å². The van der Waals surface area contributed by atoms with Gasteiger partial charge in [0.25, 0.3) is 5.91 Å². The Labute approximate surface area is 171 Å². The molecule has 1 heterocycles. The topological polar surface area (TPSA) is 53.6 Å². The number of nitrogens with zero attached hydrogens (tertiary/aromatic N) is 1. The Bertz CT molecular complexity index is 988. The summed E-state index contributed by atoms with van der Waals surface area (Å²) >= 11 is 0. The van der Waals surface area contributed by atoms with E-state index in [1.807, 2.05) is 54.6 Å².